The van der Waals surface area contributed by atoms with Gasteiger partial charge in [0.1, 0.15) is 0 Å². The second kappa shape index (κ2) is 6.96. The SMILES string of the molecule is O[C@H](c1c(C2CC2)ccc2cncn12)[C@H]1CC[C@H](c2ccccc2Cl)CC1. The molecule has 140 valence electrons. The average molecular weight is 381 g/mol. The molecule has 4 heteroatoms. The van der Waals surface area contributed by atoms with Gasteiger partial charge in [0, 0.05) is 5.02 Å². The van der Waals surface area contributed by atoms with Crippen molar-refractivity contribution in [1.29, 1.82) is 0 Å². The topological polar surface area (TPSA) is 37.5 Å². The first-order valence-electron chi connectivity index (χ1n) is 10.1. The predicted octanol–water partition coefficient (Wildman–Crippen LogP) is 5.87. The summed E-state index contributed by atoms with van der Waals surface area (Å²) in [6.07, 6.45) is 10.0. The van der Waals surface area contributed by atoms with Crippen molar-refractivity contribution in [3.8, 4) is 0 Å². The molecule has 1 atom stereocenters. The summed E-state index contributed by atoms with van der Waals surface area (Å²) in [5.41, 5.74) is 4.73. The smallest absolute Gasteiger partial charge is 0.0995 e. The Morgan fingerprint density at radius 3 is 2.37 bits per heavy atom. The number of nitrogens with zero attached hydrogens (tertiary/aromatic N) is 2. The molecular weight excluding hydrogens is 356 g/mol. The van der Waals surface area contributed by atoms with Crippen LogP contribution in [0.5, 0.6) is 0 Å². The molecule has 0 bridgehead atoms. The van der Waals surface area contributed by atoms with Crippen LogP contribution in [0.2, 0.25) is 5.02 Å². The maximum Gasteiger partial charge on any atom is 0.0995 e. The average Bonchev–Trinajstić information content (AvgIpc) is 3.44. The van der Waals surface area contributed by atoms with Gasteiger partial charge >= 0.3 is 0 Å². The molecule has 2 aliphatic rings. The van der Waals surface area contributed by atoms with Gasteiger partial charge in [-0.1, -0.05) is 35.9 Å². The van der Waals surface area contributed by atoms with Gasteiger partial charge in [-0.2, -0.15) is 0 Å². The summed E-state index contributed by atoms with van der Waals surface area (Å²) in [4.78, 5) is 4.31. The van der Waals surface area contributed by atoms with E-state index in [-0.39, 0.29) is 0 Å². The zero-order valence-electron chi connectivity index (χ0n) is 15.4. The van der Waals surface area contributed by atoms with Crippen LogP contribution in [0.25, 0.3) is 5.52 Å². The number of imidazole rings is 1. The Bertz CT molecular complexity index is 954. The van der Waals surface area contributed by atoms with E-state index >= 15 is 0 Å². The van der Waals surface area contributed by atoms with Gasteiger partial charge in [-0.05, 0) is 79.5 Å². The van der Waals surface area contributed by atoms with Crippen molar-refractivity contribution in [2.24, 2.45) is 5.92 Å². The number of fused-ring (bicyclic) bond motifs is 1. The molecule has 0 unspecified atom stereocenters. The summed E-state index contributed by atoms with van der Waals surface area (Å²) in [7, 11) is 0. The number of benzene rings is 1. The lowest BCUT2D eigenvalue weighted by Gasteiger charge is -2.33. The highest BCUT2D eigenvalue weighted by molar-refractivity contribution is 6.31. The molecule has 3 aromatic rings. The van der Waals surface area contributed by atoms with Crippen molar-refractivity contribution >= 4 is 17.1 Å². The molecule has 2 fully saturated rings. The van der Waals surface area contributed by atoms with E-state index in [4.69, 9.17) is 11.6 Å². The van der Waals surface area contributed by atoms with Gasteiger partial charge in [0.15, 0.2) is 0 Å². The van der Waals surface area contributed by atoms with E-state index in [1.807, 2.05) is 24.7 Å². The molecule has 3 nitrogen and oxygen atoms in total. The molecule has 1 aromatic carbocycles. The first-order chi connectivity index (χ1) is 13.2. The van der Waals surface area contributed by atoms with Crippen molar-refractivity contribution < 1.29 is 5.11 Å². The fraction of sp³-hybridized carbons (Fsp3) is 0.435. The second-order valence-electron chi connectivity index (χ2n) is 8.21. The van der Waals surface area contributed by atoms with Gasteiger partial charge in [0.25, 0.3) is 0 Å². The largest absolute Gasteiger partial charge is 0.387 e. The number of pyridine rings is 1. The highest BCUT2D eigenvalue weighted by Gasteiger charge is 2.34. The lowest BCUT2D eigenvalue weighted by molar-refractivity contribution is 0.0754. The Kier molecular flexibility index (Phi) is 4.45. The highest BCUT2D eigenvalue weighted by Crippen LogP contribution is 2.47. The molecular formula is C23H25ClN2O. The Labute approximate surface area is 165 Å². The van der Waals surface area contributed by atoms with Crippen molar-refractivity contribution in [2.75, 3.05) is 0 Å². The van der Waals surface area contributed by atoms with Crippen molar-refractivity contribution in [3.63, 3.8) is 0 Å². The molecule has 2 aromatic heterocycles. The number of hydrogen-bond donors (Lipinski definition) is 1. The fourth-order valence-corrected chi connectivity index (χ4v) is 5.15. The van der Waals surface area contributed by atoms with E-state index < -0.39 is 6.10 Å². The summed E-state index contributed by atoms with van der Waals surface area (Å²) in [6, 6.07) is 12.5. The normalized spacial score (nSPS) is 24.2. The molecule has 2 heterocycles. The summed E-state index contributed by atoms with van der Waals surface area (Å²) < 4.78 is 2.11. The Morgan fingerprint density at radius 1 is 0.926 bits per heavy atom. The quantitative estimate of drug-likeness (QED) is 0.614. The number of rotatable bonds is 4. The first kappa shape index (κ1) is 17.3. The lowest BCUT2D eigenvalue weighted by Crippen LogP contribution is -2.22. The Balaban J connectivity index is 1.39. The fourth-order valence-electron chi connectivity index (χ4n) is 4.86. The summed E-state index contributed by atoms with van der Waals surface area (Å²) in [5, 5.41) is 12.2. The van der Waals surface area contributed by atoms with Gasteiger partial charge in [-0.25, -0.2) is 4.98 Å². The van der Waals surface area contributed by atoms with Crippen LogP contribution in [0, 0.1) is 5.92 Å². The minimum absolute atomic E-state index is 0.300. The van der Waals surface area contributed by atoms with Crippen molar-refractivity contribution in [1.82, 2.24) is 9.38 Å². The third kappa shape index (κ3) is 3.17. The maximum atomic E-state index is 11.4. The minimum Gasteiger partial charge on any atom is -0.387 e. The van der Waals surface area contributed by atoms with E-state index in [0.29, 0.717) is 17.8 Å². The van der Waals surface area contributed by atoms with Gasteiger partial charge in [-0.3, -0.25) is 0 Å². The molecule has 0 amide bonds. The van der Waals surface area contributed by atoms with Gasteiger partial charge in [-0.15, -0.1) is 0 Å². The molecule has 1 N–H and O–H groups in total. The molecule has 0 saturated heterocycles. The van der Waals surface area contributed by atoms with E-state index in [2.05, 4.69) is 33.7 Å². The summed E-state index contributed by atoms with van der Waals surface area (Å²) in [6.45, 7) is 0. The van der Waals surface area contributed by atoms with Crippen molar-refractivity contribution in [2.45, 2.75) is 56.5 Å². The maximum absolute atomic E-state index is 11.4. The zero-order chi connectivity index (χ0) is 18.4. The minimum atomic E-state index is -0.425. The highest BCUT2D eigenvalue weighted by atomic mass is 35.5. The number of halogens is 1. The number of hydrogen-bond acceptors (Lipinski definition) is 2. The second-order valence-corrected chi connectivity index (χ2v) is 8.62. The Morgan fingerprint density at radius 2 is 1.63 bits per heavy atom. The van der Waals surface area contributed by atoms with Gasteiger partial charge in [0.2, 0.25) is 0 Å². The van der Waals surface area contributed by atoms with E-state index in [9.17, 15) is 5.11 Å². The summed E-state index contributed by atoms with van der Waals surface area (Å²) in [5.74, 6) is 1.42. The summed E-state index contributed by atoms with van der Waals surface area (Å²) >= 11 is 6.41. The zero-order valence-corrected chi connectivity index (χ0v) is 16.1. The van der Waals surface area contributed by atoms with E-state index in [0.717, 1.165) is 41.9 Å². The van der Waals surface area contributed by atoms with Crippen LogP contribution in [0.3, 0.4) is 0 Å². The van der Waals surface area contributed by atoms with Crippen LogP contribution in [0.4, 0.5) is 0 Å². The molecule has 0 spiro atoms. The predicted molar refractivity (Wildman–Crippen MR) is 108 cm³/mol. The van der Waals surface area contributed by atoms with Gasteiger partial charge < -0.3 is 9.51 Å². The van der Waals surface area contributed by atoms with Crippen LogP contribution < -0.4 is 0 Å². The van der Waals surface area contributed by atoms with Crippen LogP contribution in [0.15, 0.2) is 48.9 Å². The molecule has 2 aliphatic carbocycles. The molecule has 5 rings (SSSR count). The molecule has 0 radical (unpaired) electrons. The molecule has 2 saturated carbocycles. The molecule has 0 aliphatic heterocycles. The van der Waals surface area contributed by atoms with Crippen LogP contribution in [-0.2, 0) is 0 Å². The lowest BCUT2D eigenvalue weighted by atomic mass is 9.75. The Hall–Kier alpha value is -1.84. The van der Waals surface area contributed by atoms with Crippen LogP contribution in [-0.4, -0.2) is 14.5 Å². The molecule has 27 heavy (non-hydrogen) atoms. The van der Waals surface area contributed by atoms with E-state index in [1.54, 1.807) is 0 Å². The number of aliphatic hydroxyl groups is 1. The third-order valence-corrected chi connectivity index (χ3v) is 6.86. The van der Waals surface area contributed by atoms with Crippen LogP contribution >= 0.6 is 11.6 Å². The number of aromatic nitrogens is 2. The van der Waals surface area contributed by atoms with E-state index in [1.165, 1.54) is 24.0 Å². The third-order valence-electron chi connectivity index (χ3n) is 6.52. The first-order valence-corrected chi connectivity index (χ1v) is 10.5. The van der Waals surface area contributed by atoms with Gasteiger partial charge in [0.05, 0.1) is 29.8 Å². The monoisotopic (exact) mass is 380 g/mol. The van der Waals surface area contributed by atoms with Crippen molar-refractivity contribution in [3.05, 3.63) is 70.8 Å². The number of aliphatic hydroxyl groups excluding tert-OH is 1. The van der Waals surface area contributed by atoms with Crippen LogP contribution in [0.1, 0.15) is 73.3 Å². The standard InChI is InChI=1S/C23H25ClN2O/c24-21-4-2-1-3-19(21)15-7-9-17(10-8-15)23(27)22-20(16-5-6-16)12-11-18-13-25-14-26(18)22/h1-4,11-17,23,27H,5-10H2/t15-,17-,23-/m0/s1.